The maximum absolute atomic E-state index is 13.6. The van der Waals surface area contributed by atoms with Crippen molar-refractivity contribution in [3.8, 4) is 0 Å². The smallest absolute Gasteiger partial charge is 0.326 e. The molecule has 4 amide bonds. The molecule has 1 unspecified atom stereocenters. The molecular formula is C27H40N4O6S. The number of fused-ring (bicyclic) bond motifs is 1. The first kappa shape index (κ1) is 31.1. The minimum absolute atomic E-state index is 0.0783. The molecule has 0 fully saturated rings. The second-order valence-corrected chi connectivity index (χ2v) is 11.7. The first-order chi connectivity index (χ1) is 17.7. The van der Waals surface area contributed by atoms with Gasteiger partial charge in [0.25, 0.3) is 0 Å². The number of ether oxygens (including phenoxy) is 1. The molecule has 1 aliphatic rings. The van der Waals surface area contributed by atoms with Crippen molar-refractivity contribution in [3.05, 3.63) is 23.8 Å². The van der Waals surface area contributed by atoms with Gasteiger partial charge in [0.2, 0.25) is 11.8 Å². The highest BCUT2D eigenvalue weighted by atomic mass is 32.2. The summed E-state index contributed by atoms with van der Waals surface area (Å²) in [6, 6.07) is 3.84. The summed E-state index contributed by atoms with van der Waals surface area (Å²) in [5.41, 5.74) is 1.37. The molecule has 3 atom stereocenters. The van der Waals surface area contributed by atoms with Gasteiger partial charge in [-0.05, 0) is 70.2 Å². The van der Waals surface area contributed by atoms with Gasteiger partial charge in [-0.25, -0.2) is 4.79 Å². The molecule has 1 aliphatic heterocycles. The maximum atomic E-state index is 13.6. The number of amides is 4. The van der Waals surface area contributed by atoms with Crippen LogP contribution < -0.4 is 20.9 Å². The number of hydrogen-bond donors (Lipinski definition) is 3. The lowest BCUT2D eigenvalue weighted by Gasteiger charge is -2.27. The van der Waals surface area contributed by atoms with E-state index in [1.54, 1.807) is 25.1 Å². The number of carbonyl (C=O) groups is 5. The highest BCUT2D eigenvalue weighted by Gasteiger charge is 2.35. The van der Waals surface area contributed by atoms with Crippen LogP contribution in [0.25, 0.3) is 0 Å². The highest BCUT2D eigenvalue weighted by molar-refractivity contribution is 8.14. The van der Waals surface area contributed by atoms with Gasteiger partial charge in [0.15, 0.2) is 5.12 Å². The van der Waals surface area contributed by atoms with E-state index < -0.39 is 28.7 Å². The predicted octanol–water partition coefficient (Wildman–Crippen LogP) is 3.63. The van der Waals surface area contributed by atoms with E-state index >= 15 is 0 Å². The third-order valence-corrected chi connectivity index (χ3v) is 7.27. The number of thioether (sulfide) groups is 1. The molecule has 0 bridgehead atoms. The molecule has 210 valence electrons. The number of esters is 1. The summed E-state index contributed by atoms with van der Waals surface area (Å²) in [6.07, 6.45) is 1.39. The molecule has 0 radical (unpaired) electrons. The monoisotopic (exact) mass is 548 g/mol. The average molecular weight is 549 g/mol. The zero-order valence-corrected chi connectivity index (χ0v) is 24.1. The quantitative estimate of drug-likeness (QED) is 0.401. The molecule has 1 aromatic carbocycles. The third-order valence-electron chi connectivity index (χ3n) is 6.00. The minimum Gasteiger partial charge on any atom is -0.465 e. The lowest BCUT2D eigenvalue weighted by molar-refractivity contribution is -0.142. The largest absolute Gasteiger partial charge is 0.465 e. The zero-order chi connectivity index (χ0) is 28.6. The molecule has 0 aromatic heterocycles. The molecule has 0 saturated carbocycles. The van der Waals surface area contributed by atoms with E-state index in [1.807, 2.05) is 34.6 Å². The fraction of sp³-hybridized carbons (Fsp3) is 0.593. The Morgan fingerprint density at radius 3 is 2.45 bits per heavy atom. The van der Waals surface area contributed by atoms with Crippen molar-refractivity contribution in [2.75, 3.05) is 23.4 Å². The number of hydrogen-bond acceptors (Lipinski definition) is 7. The standard InChI is InChI=1S/C27H40N4O6S/c1-8-16(3)23(38-17(4)32)24(34)29-20-12-10-18-14-19(28-26(36)30-27(5,6)7)11-13-21(18)31(25(20)35)15-22(33)37-9-2/h11,13-14,16,20,23H,8-10,12,15H2,1-7H3,(H,29,34)(H2,28,30,36)/t16-,20?,23-/m0/s1. The Hall–Kier alpha value is -3.08. The van der Waals surface area contributed by atoms with Crippen molar-refractivity contribution in [2.24, 2.45) is 5.92 Å². The first-order valence-corrected chi connectivity index (χ1v) is 13.8. The summed E-state index contributed by atoms with van der Waals surface area (Å²) >= 11 is 0.956. The van der Waals surface area contributed by atoms with Gasteiger partial charge in [-0.3, -0.25) is 24.1 Å². The van der Waals surface area contributed by atoms with Gasteiger partial charge in [-0.15, -0.1) is 0 Å². The minimum atomic E-state index is -0.899. The van der Waals surface area contributed by atoms with Crippen LogP contribution >= 0.6 is 11.8 Å². The predicted molar refractivity (Wildman–Crippen MR) is 149 cm³/mol. The van der Waals surface area contributed by atoms with Crippen LogP contribution in [-0.2, 0) is 30.3 Å². The van der Waals surface area contributed by atoms with Crippen LogP contribution in [0, 0.1) is 5.92 Å². The molecule has 2 rings (SSSR count). The molecule has 1 aromatic rings. The van der Waals surface area contributed by atoms with Crippen molar-refractivity contribution in [3.63, 3.8) is 0 Å². The van der Waals surface area contributed by atoms with Gasteiger partial charge in [-0.1, -0.05) is 32.0 Å². The number of aryl methyl sites for hydroxylation is 1. The Morgan fingerprint density at radius 1 is 1.18 bits per heavy atom. The van der Waals surface area contributed by atoms with Crippen LogP contribution in [0.1, 0.15) is 66.9 Å². The van der Waals surface area contributed by atoms with Gasteiger partial charge >= 0.3 is 12.0 Å². The molecule has 1 heterocycles. The number of anilines is 2. The Bertz CT molecular complexity index is 1050. The summed E-state index contributed by atoms with van der Waals surface area (Å²) in [5.74, 6) is -1.48. The SMILES string of the molecule is CCOC(=O)CN1C(=O)C(NC(=O)[C@@H](SC(C)=O)[C@@H](C)CC)CCc2cc(NC(=O)NC(C)(C)C)ccc21. The lowest BCUT2D eigenvalue weighted by Crippen LogP contribution is -2.52. The molecular weight excluding hydrogens is 508 g/mol. The van der Waals surface area contributed by atoms with Crippen molar-refractivity contribution in [1.82, 2.24) is 10.6 Å². The normalized spacial score (nSPS) is 17.0. The summed E-state index contributed by atoms with van der Waals surface area (Å²) < 4.78 is 5.09. The lowest BCUT2D eigenvalue weighted by atomic mass is 10.0. The van der Waals surface area contributed by atoms with Crippen molar-refractivity contribution in [1.29, 1.82) is 0 Å². The molecule has 38 heavy (non-hydrogen) atoms. The van der Waals surface area contributed by atoms with E-state index in [9.17, 15) is 24.0 Å². The molecule has 0 spiro atoms. The summed E-state index contributed by atoms with van der Waals surface area (Å²) in [4.78, 5) is 64.7. The second-order valence-electron chi connectivity index (χ2n) is 10.4. The number of nitrogens with one attached hydrogen (secondary N) is 3. The van der Waals surface area contributed by atoms with E-state index in [4.69, 9.17) is 4.74 Å². The second kappa shape index (κ2) is 13.6. The Morgan fingerprint density at radius 2 is 1.87 bits per heavy atom. The van der Waals surface area contributed by atoms with Gasteiger partial charge in [0, 0.05) is 23.8 Å². The van der Waals surface area contributed by atoms with Crippen LogP contribution in [0.4, 0.5) is 16.2 Å². The van der Waals surface area contributed by atoms with Crippen LogP contribution in [-0.4, -0.2) is 58.9 Å². The van der Waals surface area contributed by atoms with Crippen molar-refractivity contribution < 1.29 is 28.7 Å². The third kappa shape index (κ3) is 9.04. The van der Waals surface area contributed by atoms with Crippen LogP contribution in [0.15, 0.2) is 18.2 Å². The molecule has 10 nitrogen and oxygen atoms in total. The van der Waals surface area contributed by atoms with Gasteiger partial charge in [-0.2, -0.15) is 0 Å². The summed E-state index contributed by atoms with van der Waals surface area (Å²) in [5, 5.41) is 7.66. The van der Waals surface area contributed by atoms with Crippen molar-refractivity contribution >= 4 is 52.1 Å². The van der Waals surface area contributed by atoms with Crippen LogP contribution in [0.3, 0.4) is 0 Å². The van der Waals surface area contributed by atoms with Crippen molar-refractivity contribution in [2.45, 2.75) is 84.6 Å². The number of rotatable bonds is 9. The topological polar surface area (TPSA) is 134 Å². The fourth-order valence-corrected chi connectivity index (χ4v) is 5.02. The first-order valence-electron chi connectivity index (χ1n) is 12.9. The molecule has 0 aliphatic carbocycles. The molecule has 0 saturated heterocycles. The Balaban J connectivity index is 2.35. The summed E-state index contributed by atoms with van der Waals surface area (Å²) in [6.45, 7) is 12.4. The average Bonchev–Trinajstić information content (AvgIpc) is 2.92. The summed E-state index contributed by atoms with van der Waals surface area (Å²) in [7, 11) is 0. The van der Waals surface area contributed by atoms with E-state index in [-0.39, 0.29) is 42.5 Å². The van der Waals surface area contributed by atoms with E-state index in [0.29, 0.717) is 24.2 Å². The number of benzene rings is 1. The number of urea groups is 1. The van der Waals surface area contributed by atoms with E-state index in [2.05, 4.69) is 16.0 Å². The fourth-order valence-electron chi connectivity index (χ4n) is 4.07. The Kier molecular flexibility index (Phi) is 11.2. The molecule has 11 heteroatoms. The number of nitrogens with zero attached hydrogens (tertiary/aromatic N) is 1. The van der Waals surface area contributed by atoms with Gasteiger partial charge in [0.05, 0.1) is 11.9 Å². The van der Waals surface area contributed by atoms with E-state index in [0.717, 1.165) is 17.3 Å². The zero-order valence-electron chi connectivity index (χ0n) is 23.3. The maximum Gasteiger partial charge on any atom is 0.326 e. The molecule has 3 N–H and O–H groups in total. The Labute approximate surface area is 229 Å². The van der Waals surface area contributed by atoms with Crippen LogP contribution in [0.5, 0.6) is 0 Å². The van der Waals surface area contributed by atoms with Gasteiger partial charge in [0.1, 0.15) is 12.6 Å². The van der Waals surface area contributed by atoms with Gasteiger partial charge < -0.3 is 20.7 Å². The van der Waals surface area contributed by atoms with E-state index in [1.165, 1.54) is 11.8 Å². The van der Waals surface area contributed by atoms with Crippen LogP contribution in [0.2, 0.25) is 0 Å². The highest BCUT2D eigenvalue weighted by Crippen LogP contribution is 2.31. The number of carbonyl (C=O) groups excluding carboxylic acids is 5.